The third-order valence-electron chi connectivity index (χ3n) is 6.92. The van der Waals surface area contributed by atoms with Gasteiger partial charge in [-0.05, 0) is 31.6 Å². The Morgan fingerprint density at radius 1 is 1.34 bits per heavy atom. The van der Waals surface area contributed by atoms with Gasteiger partial charge in [-0.2, -0.15) is 0 Å². The smallest absolute Gasteiger partial charge is 0.276 e. The van der Waals surface area contributed by atoms with Gasteiger partial charge in [0.15, 0.2) is 5.69 Å². The lowest BCUT2D eigenvalue weighted by molar-refractivity contribution is -0.0439. The zero-order valence-electron chi connectivity index (χ0n) is 17.1. The van der Waals surface area contributed by atoms with Crippen LogP contribution in [0.5, 0.6) is 0 Å². The molecule has 8 nitrogen and oxygen atoms in total. The van der Waals surface area contributed by atoms with Gasteiger partial charge in [0.25, 0.3) is 5.91 Å². The summed E-state index contributed by atoms with van der Waals surface area (Å²) in [5.41, 5.74) is -0.00395. The first-order valence-corrected chi connectivity index (χ1v) is 10.5. The Hall–Kier alpha value is -2.19. The van der Waals surface area contributed by atoms with Gasteiger partial charge in [-0.1, -0.05) is 12.1 Å². The van der Waals surface area contributed by atoms with Gasteiger partial charge in [-0.15, -0.1) is 0 Å². The molecule has 29 heavy (non-hydrogen) atoms. The molecule has 0 saturated carbocycles. The molecule has 1 aliphatic carbocycles. The predicted octanol–water partition coefficient (Wildman–Crippen LogP) is 1.82. The second kappa shape index (κ2) is 6.67. The van der Waals surface area contributed by atoms with Gasteiger partial charge in [0.1, 0.15) is 17.2 Å². The number of nitrogens with zero attached hydrogens (tertiary/aromatic N) is 4. The molecule has 8 heteroatoms. The maximum Gasteiger partial charge on any atom is 0.276 e. The molecule has 1 N–H and O–H groups in total. The molecule has 2 saturated heterocycles. The molecule has 0 bridgehead atoms. The third kappa shape index (κ3) is 3.09. The van der Waals surface area contributed by atoms with Crippen LogP contribution < -0.4 is 0 Å². The standard InChI is InChI=1S/C21H28N4O4/c1-14-3-4-16-15(11-14)17(23-29-16)18(26)25-8-5-20(6-9-25)12-21(27,13-28-20)19-22-7-10-24(19)2/h7,10,14,27H,3-6,8-9,11-13H2,1-2H3/t14-,21-/m0/s1. The lowest BCUT2D eigenvalue weighted by Gasteiger charge is -2.38. The van der Waals surface area contributed by atoms with Gasteiger partial charge in [0.2, 0.25) is 0 Å². The molecule has 4 heterocycles. The zero-order valence-corrected chi connectivity index (χ0v) is 17.1. The van der Waals surface area contributed by atoms with E-state index in [1.807, 2.05) is 22.7 Å². The van der Waals surface area contributed by atoms with Crippen molar-refractivity contribution in [1.29, 1.82) is 0 Å². The van der Waals surface area contributed by atoms with Crippen LogP contribution in [0.1, 0.15) is 60.2 Å². The van der Waals surface area contributed by atoms with Gasteiger partial charge in [0, 0.05) is 50.9 Å². The number of amides is 1. The molecule has 5 rings (SSSR count). The van der Waals surface area contributed by atoms with Crippen LogP contribution in [0.4, 0.5) is 0 Å². The van der Waals surface area contributed by atoms with E-state index >= 15 is 0 Å². The first-order valence-electron chi connectivity index (χ1n) is 10.5. The van der Waals surface area contributed by atoms with E-state index in [0.717, 1.165) is 30.6 Å². The van der Waals surface area contributed by atoms with Crippen LogP contribution in [0, 0.1) is 5.92 Å². The van der Waals surface area contributed by atoms with Crippen molar-refractivity contribution in [3.63, 3.8) is 0 Å². The minimum absolute atomic E-state index is 0.0451. The summed E-state index contributed by atoms with van der Waals surface area (Å²) < 4.78 is 13.4. The second-order valence-electron chi connectivity index (χ2n) is 9.11. The van der Waals surface area contributed by atoms with Crippen LogP contribution in [-0.4, -0.2) is 55.9 Å². The molecule has 0 unspecified atom stereocenters. The summed E-state index contributed by atoms with van der Waals surface area (Å²) in [7, 11) is 1.88. The fourth-order valence-electron chi connectivity index (χ4n) is 5.20. The van der Waals surface area contributed by atoms with Crippen molar-refractivity contribution in [2.75, 3.05) is 19.7 Å². The van der Waals surface area contributed by atoms with Crippen LogP contribution in [0.25, 0.3) is 0 Å². The Kier molecular flexibility index (Phi) is 4.33. The number of carbonyl (C=O) groups excluding carboxylic acids is 1. The highest BCUT2D eigenvalue weighted by Gasteiger charge is 2.52. The van der Waals surface area contributed by atoms with Crippen molar-refractivity contribution in [1.82, 2.24) is 19.6 Å². The van der Waals surface area contributed by atoms with Crippen LogP contribution in [-0.2, 0) is 30.2 Å². The highest BCUT2D eigenvalue weighted by molar-refractivity contribution is 5.94. The van der Waals surface area contributed by atoms with Crippen LogP contribution in [0.3, 0.4) is 0 Å². The summed E-state index contributed by atoms with van der Waals surface area (Å²) in [6, 6.07) is 0. The molecule has 2 atom stereocenters. The van der Waals surface area contributed by atoms with E-state index in [-0.39, 0.29) is 12.5 Å². The van der Waals surface area contributed by atoms with E-state index < -0.39 is 11.2 Å². The third-order valence-corrected chi connectivity index (χ3v) is 6.92. The van der Waals surface area contributed by atoms with Crippen LogP contribution >= 0.6 is 0 Å². The van der Waals surface area contributed by atoms with E-state index in [2.05, 4.69) is 17.1 Å². The number of imidazole rings is 1. The van der Waals surface area contributed by atoms with E-state index in [1.165, 1.54) is 0 Å². The number of piperidine rings is 1. The van der Waals surface area contributed by atoms with Crippen molar-refractivity contribution in [3.8, 4) is 0 Å². The average Bonchev–Trinajstić information content (AvgIpc) is 3.40. The van der Waals surface area contributed by atoms with Gasteiger partial charge in [-0.25, -0.2) is 4.98 Å². The van der Waals surface area contributed by atoms with Crippen molar-refractivity contribution in [3.05, 3.63) is 35.2 Å². The number of rotatable bonds is 2. The Balaban J connectivity index is 1.27. The molecule has 2 fully saturated rings. The van der Waals surface area contributed by atoms with Gasteiger partial charge >= 0.3 is 0 Å². The van der Waals surface area contributed by atoms with Crippen molar-refractivity contribution in [2.24, 2.45) is 13.0 Å². The first-order chi connectivity index (χ1) is 13.9. The maximum atomic E-state index is 13.1. The second-order valence-corrected chi connectivity index (χ2v) is 9.11. The fourth-order valence-corrected chi connectivity index (χ4v) is 5.20. The number of hydrogen-bond acceptors (Lipinski definition) is 6. The quantitative estimate of drug-likeness (QED) is 0.826. The average molecular weight is 400 g/mol. The Morgan fingerprint density at radius 2 is 2.14 bits per heavy atom. The normalized spacial score (nSPS) is 28.7. The van der Waals surface area contributed by atoms with Crippen LogP contribution in [0.2, 0.25) is 0 Å². The SMILES string of the molecule is C[C@H]1CCc2onc(C(=O)N3CCC4(CC3)C[C@@](O)(c3nccn3C)CO4)c2C1. The lowest BCUT2D eigenvalue weighted by atomic mass is 9.83. The number of likely N-dealkylation sites (tertiary alicyclic amines) is 1. The molecular weight excluding hydrogens is 372 g/mol. The zero-order chi connectivity index (χ0) is 20.2. The van der Waals surface area contributed by atoms with Gasteiger partial charge in [-0.3, -0.25) is 4.79 Å². The summed E-state index contributed by atoms with van der Waals surface area (Å²) >= 11 is 0. The summed E-state index contributed by atoms with van der Waals surface area (Å²) in [6.45, 7) is 3.62. The summed E-state index contributed by atoms with van der Waals surface area (Å²) in [6.07, 6.45) is 8.22. The minimum Gasteiger partial charge on any atom is -0.379 e. The Labute approximate surface area is 169 Å². The first kappa shape index (κ1) is 18.8. The number of carbonyl (C=O) groups is 1. The number of aliphatic hydroxyl groups is 1. The van der Waals surface area contributed by atoms with Gasteiger partial charge < -0.3 is 23.8 Å². The summed E-state index contributed by atoms with van der Waals surface area (Å²) in [4.78, 5) is 19.3. The molecule has 1 spiro atoms. The topological polar surface area (TPSA) is 93.6 Å². The minimum atomic E-state index is -1.08. The number of ether oxygens (including phenoxy) is 1. The van der Waals surface area contributed by atoms with Crippen LogP contribution in [0.15, 0.2) is 16.9 Å². The van der Waals surface area contributed by atoms with Crippen molar-refractivity contribution < 1.29 is 19.2 Å². The van der Waals surface area contributed by atoms with E-state index in [1.54, 1.807) is 6.20 Å². The van der Waals surface area contributed by atoms with E-state index in [9.17, 15) is 9.90 Å². The molecule has 1 amide bonds. The predicted molar refractivity (Wildman–Crippen MR) is 103 cm³/mol. The number of aromatic nitrogens is 3. The number of fused-ring (bicyclic) bond motifs is 1. The fraction of sp³-hybridized carbons (Fsp3) is 0.667. The molecule has 2 aromatic heterocycles. The van der Waals surface area contributed by atoms with E-state index in [4.69, 9.17) is 9.26 Å². The van der Waals surface area contributed by atoms with Gasteiger partial charge in [0.05, 0.1) is 12.2 Å². The monoisotopic (exact) mass is 400 g/mol. The maximum absolute atomic E-state index is 13.1. The number of aryl methyl sites for hydroxylation is 2. The molecule has 3 aliphatic rings. The summed E-state index contributed by atoms with van der Waals surface area (Å²) in [5, 5.41) is 15.2. The molecule has 0 aromatic carbocycles. The molecule has 0 radical (unpaired) electrons. The van der Waals surface area contributed by atoms with Crippen molar-refractivity contribution in [2.45, 2.75) is 56.7 Å². The molecule has 2 aromatic rings. The Bertz CT molecular complexity index is 927. The lowest BCUT2D eigenvalue weighted by Crippen LogP contribution is -2.47. The highest BCUT2D eigenvalue weighted by atomic mass is 16.5. The largest absolute Gasteiger partial charge is 0.379 e. The molecule has 156 valence electrons. The molecular formula is C21H28N4O4. The molecule has 2 aliphatic heterocycles. The summed E-state index contributed by atoms with van der Waals surface area (Å²) in [5.74, 6) is 2.01. The van der Waals surface area contributed by atoms with Crippen molar-refractivity contribution >= 4 is 5.91 Å². The Morgan fingerprint density at radius 3 is 2.86 bits per heavy atom. The number of hydrogen-bond donors (Lipinski definition) is 1. The van der Waals surface area contributed by atoms with E-state index in [0.29, 0.717) is 49.8 Å². The highest BCUT2D eigenvalue weighted by Crippen LogP contribution is 2.45.